The van der Waals surface area contributed by atoms with Gasteiger partial charge in [-0.3, -0.25) is 9.59 Å². The fourth-order valence-electron chi connectivity index (χ4n) is 5.02. The van der Waals surface area contributed by atoms with Crippen molar-refractivity contribution in [3.63, 3.8) is 0 Å². The number of fused-ring (bicyclic) bond motifs is 2. The zero-order chi connectivity index (χ0) is 21.6. The van der Waals surface area contributed by atoms with E-state index in [1.165, 1.54) is 0 Å². The number of benzene rings is 1. The standard InChI is InChI=1S/C23H28N2O5/c1-4-30-22(28)16-9-17-20(24-13(2)25(17)3)21(27)19(16)18(26)12-23(29)10-14-7-5-6-8-15(14)11-23/h5-8,16,18-19,26,29H,4,9-12H2,1-3H3. The van der Waals surface area contributed by atoms with E-state index in [1.54, 1.807) is 13.8 Å². The molecule has 2 N–H and O–H groups in total. The Labute approximate surface area is 175 Å². The molecule has 0 saturated carbocycles. The van der Waals surface area contributed by atoms with Gasteiger partial charge in [0.2, 0.25) is 0 Å². The first-order valence-corrected chi connectivity index (χ1v) is 10.4. The van der Waals surface area contributed by atoms with Crippen LogP contribution in [0.2, 0.25) is 0 Å². The number of aromatic nitrogens is 2. The molecule has 0 bridgehead atoms. The Bertz CT molecular complexity index is 970. The largest absolute Gasteiger partial charge is 0.466 e. The van der Waals surface area contributed by atoms with Gasteiger partial charge in [-0.1, -0.05) is 24.3 Å². The molecule has 2 aromatic rings. The lowest BCUT2D eigenvalue weighted by molar-refractivity contribution is -0.152. The van der Waals surface area contributed by atoms with Crippen molar-refractivity contribution in [1.82, 2.24) is 9.55 Å². The number of aliphatic hydroxyl groups is 2. The molecule has 4 rings (SSSR count). The highest BCUT2D eigenvalue weighted by Crippen LogP contribution is 2.39. The van der Waals surface area contributed by atoms with Crippen LogP contribution in [0.25, 0.3) is 0 Å². The number of aliphatic hydroxyl groups excluding tert-OH is 1. The van der Waals surface area contributed by atoms with E-state index in [0.717, 1.165) is 11.1 Å². The van der Waals surface area contributed by atoms with E-state index in [0.29, 0.717) is 30.1 Å². The van der Waals surface area contributed by atoms with E-state index in [1.807, 2.05) is 35.9 Å². The minimum Gasteiger partial charge on any atom is -0.466 e. The second-order valence-electron chi connectivity index (χ2n) is 8.58. The smallest absolute Gasteiger partial charge is 0.310 e. The summed E-state index contributed by atoms with van der Waals surface area (Å²) in [6.45, 7) is 3.71. The third kappa shape index (κ3) is 3.46. The lowest BCUT2D eigenvalue weighted by Crippen LogP contribution is -2.47. The molecule has 0 spiro atoms. The molecule has 30 heavy (non-hydrogen) atoms. The number of carbonyl (C=O) groups excluding carboxylic acids is 2. The Morgan fingerprint density at radius 2 is 1.97 bits per heavy atom. The molecule has 7 nitrogen and oxygen atoms in total. The van der Waals surface area contributed by atoms with Gasteiger partial charge in [-0.2, -0.15) is 0 Å². The number of imidazole rings is 1. The Hall–Kier alpha value is -2.51. The molecule has 1 heterocycles. The molecular formula is C23H28N2O5. The number of carbonyl (C=O) groups is 2. The quantitative estimate of drug-likeness (QED) is 0.723. The van der Waals surface area contributed by atoms with Crippen LogP contribution in [0, 0.1) is 18.8 Å². The topological polar surface area (TPSA) is 102 Å². The number of rotatable bonds is 5. The Morgan fingerprint density at radius 3 is 2.57 bits per heavy atom. The van der Waals surface area contributed by atoms with Crippen molar-refractivity contribution in [2.75, 3.05) is 6.61 Å². The van der Waals surface area contributed by atoms with Crippen LogP contribution in [-0.2, 0) is 35.8 Å². The summed E-state index contributed by atoms with van der Waals surface area (Å²) in [5, 5.41) is 22.3. The van der Waals surface area contributed by atoms with Crippen molar-refractivity contribution in [2.24, 2.45) is 18.9 Å². The summed E-state index contributed by atoms with van der Waals surface area (Å²) in [5.74, 6) is -1.97. The molecule has 3 atom stereocenters. The number of ketones is 1. The molecule has 0 radical (unpaired) electrons. The van der Waals surface area contributed by atoms with Crippen LogP contribution in [0.5, 0.6) is 0 Å². The van der Waals surface area contributed by atoms with Gasteiger partial charge in [-0.25, -0.2) is 4.98 Å². The third-order valence-corrected chi connectivity index (χ3v) is 6.57. The Kier molecular flexibility index (Phi) is 5.28. The summed E-state index contributed by atoms with van der Waals surface area (Å²) >= 11 is 0. The fourth-order valence-corrected chi connectivity index (χ4v) is 5.02. The lowest BCUT2D eigenvalue weighted by atomic mass is 9.73. The summed E-state index contributed by atoms with van der Waals surface area (Å²) in [6, 6.07) is 7.78. The van der Waals surface area contributed by atoms with Crippen LogP contribution in [-0.4, -0.2) is 49.8 Å². The number of hydrogen-bond donors (Lipinski definition) is 2. The number of hydrogen-bond acceptors (Lipinski definition) is 6. The fraction of sp³-hybridized carbons (Fsp3) is 0.522. The lowest BCUT2D eigenvalue weighted by Gasteiger charge is -2.35. The number of esters is 1. The molecule has 7 heteroatoms. The second-order valence-corrected chi connectivity index (χ2v) is 8.58. The first kappa shape index (κ1) is 20.8. The monoisotopic (exact) mass is 412 g/mol. The SMILES string of the molecule is CCOC(=O)C1Cc2c(nc(C)n2C)C(=O)C1C(O)CC1(O)Cc2ccccc2C1. The van der Waals surface area contributed by atoms with Gasteiger partial charge in [-0.15, -0.1) is 0 Å². The highest BCUT2D eigenvalue weighted by Gasteiger charge is 2.49. The van der Waals surface area contributed by atoms with Crippen LogP contribution in [0.3, 0.4) is 0 Å². The summed E-state index contributed by atoms with van der Waals surface area (Å²) < 4.78 is 7.03. The van der Waals surface area contributed by atoms with Crippen molar-refractivity contribution in [2.45, 2.75) is 51.2 Å². The van der Waals surface area contributed by atoms with Gasteiger partial charge >= 0.3 is 5.97 Å². The maximum atomic E-state index is 13.3. The number of ether oxygens (including phenoxy) is 1. The second kappa shape index (κ2) is 7.63. The maximum Gasteiger partial charge on any atom is 0.310 e. The predicted octanol–water partition coefficient (Wildman–Crippen LogP) is 1.54. The minimum atomic E-state index is -1.18. The van der Waals surface area contributed by atoms with Crippen molar-refractivity contribution >= 4 is 11.8 Å². The van der Waals surface area contributed by atoms with E-state index in [-0.39, 0.29) is 25.2 Å². The van der Waals surface area contributed by atoms with Gasteiger partial charge in [0.05, 0.1) is 30.1 Å². The molecule has 2 aliphatic rings. The van der Waals surface area contributed by atoms with Crippen LogP contribution in [0.15, 0.2) is 24.3 Å². The summed E-state index contributed by atoms with van der Waals surface area (Å²) in [6.07, 6.45) is -0.0628. The average molecular weight is 412 g/mol. The molecule has 3 unspecified atom stereocenters. The van der Waals surface area contributed by atoms with E-state index in [2.05, 4.69) is 4.98 Å². The van der Waals surface area contributed by atoms with Crippen molar-refractivity contribution in [3.05, 3.63) is 52.6 Å². The molecule has 1 aromatic heterocycles. The van der Waals surface area contributed by atoms with E-state index in [9.17, 15) is 19.8 Å². The summed E-state index contributed by atoms with van der Waals surface area (Å²) in [4.78, 5) is 30.4. The first-order valence-electron chi connectivity index (χ1n) is 10.4. The van der Waals surface area contributed by atoms with Crippen molar-refractivity contribution in [1.29, 1.82) is 0 Å². The van der Waals surface area contributed by atoms with E-state index >= 15 is 0 Å². The zero-order valence-electron chi connectivity index (χ0n) is 17.6. The normalized spacial score (nSPS) is 23.0. The highest BCUT2D eigenvalue weighted by atomic mass is 16.5. The summed E-state index contributed by atoms with van der Waals surface area (Å²) in [5.41, 5.74) is 1.94. The molecule has 0 saturated heterocycles. The molecule has 160 valence electrons. The number of nitrogens with zero attached hydrogens (tertiary/aromatic N) is 2. The van der Waals surface area contributed by atoms with Crippen molar-refractivity contribution < 1.29 is 24.5 Å². The zero-order valence-corrected chi connectivity index (χ0v) is 17.6. The van der Waals surface area contributed by atoms with E-state index in [4.69, 9.17) is 4.74 Å². The first-order chi connectivity index (χ1) is 14.2. The van der Waals surface area contributed by atoms with Crippen LogP contribution in [0.1, 0.15) is 46.5 Å². The molecule has 1 aromatic carbocycles. The summed E-state index contributed by atoms with van der Waals surface area (Å²) in [7, 11) is 1.81. The van der Waals surface area contributed by atoms with Gasteiger partial charge in [-0.05, 0) is 25.0 Å². The Morgan fingerprint density at radius 1 is 1.33 bits per heavy atom. The average Bonchev–Trinajstić information content (AvgIpc) is 3.17. The molecule has 0 fully saturated rings. The van der Waals surface area contributed by atoms with Crippen LogP contribution in [0.4, 0.5) is 0 Å². The molecule has 2 aliphatic carbocycles. The molecule has 0 amide bonds. The van der Waals surface area contributed by atoms with E-state index < -0.39 is 29.5 Å². The highest BCUT2D eigenvalue weighted by molar-refractivity contribution is 6.01. The molecular weight excluding hydrogens is 384 g/mol. The number of aryl methyl sites for hydroxylation is 1. The minimum absolute atomic E-state index is 0.00907. The van der Waals surface area contributed by atoms with Crippen LogP contribution < -0.4 is 0 Å². The van der Waals surface area contributed by atoms with Gasteiger partial charge in [0.15, 0.2) is 5.78 Å². The van der Waals surface area contributed by atoms with Gasteiger partial charge in [0, 0.05) is 38.4 Å². The van der Waals surface area contributed by atoms with Gasteiger partial charge in [0.1, 0.15) is 11.5 Å². The molecule has 0 aliphatic heterocycles. The van der Waals surface area contributed by atoms with Gasteiger partial charge in [0.25, 0.3) is 0 Å². The van der Waals surface area contributed by atoms with Crippen molar-refractivity contribution in [3.8, 4) is 0 Å². The maximum absolute atomic E-state index is 13.3. The van der Waals surface area contributed by atoms with Crippen LogP contribution >= 0.6 is 0 Å². The number of Topliss-reactive ketones (excluding diaryl/α,β-unsaturated/α-hetero) is 1. The predicted molar refractivity (Wildman–Crippen MR) is 109 cm³/mol. The Balaban J connectivity index is 1.63. The third-order valence-electron chi connectivity index (χ3n) is 6.57. The van der Waals surface area contributed by atoms with Gasteiger partial charge < -0.3 is 19.5 Å².